The Kier molecular flexibility index (Phi) is 5.01. The van der Waals surface area contributed by atoms with Gasteiger partial charge in [-0.2, -0.15) is 0 Å². The minimum Gasteiger partial charge on any atom is -0.486 e. The first-order valence-electron chi connectivity index (χ1n) is 8.48. The van der Waals surface area contributed by atoms with Gasteiger partial charge in [-0.25, -0.2) is 0 Å². The Morgan fingerprint density at radius 1 is 1.27 bits per heavy atom. The van der Waals surface area contributed by atoms with Crippen molar-refractivity contribution in [3.8, 4) is 5.75 Å². The Hall–Kier alpha value is -1.10. The number of rotatable bonds is 4. The lowest BCUT2D eigenvalue weighted by Gasteiger charge is -2.41. The molecule has 22 heavy (non-hydrogen) atoms. The highest BCUT2D eigenvalue weighted by Gasteiger charge is 2.38. The highest BCUT2D eigenvalue weighted by Crippen LogP contribution is 2.32. The zero-order valence-corrected chi connectivity index (χ0v) is 13.8. The third-order valence-electron chi connectivity index (χ3n) is 4.69. The number of nitrogens with zero attached hydrogens (tertiary/aromatic N) is 1. The minimum atomic E-state index is -0.0397. The molecule has 0 amide bonds. The normalized spacial score (nSPS) is 21.4. The molecule has 1 saturated heterocycles. The summed E-state index contributed by atoms with van der Waals surface area (Å²) in [5.41, 5.74) is 1.23. The summed E-state index contributed by atoms with van der Waals surface area (Å²) in [5.74, 6) is 1.06. The molecule has 1 aromatic rings. The first kappa shape index (κ1) is 15.8. The van der Waals surface area contributed by atoms with Gasteiger partial charge >= 0.3 is 0 Å². The molecule has 0 bridgehead atoms. The summed E-state index contributed by atoms with van der Waals surface area (Å²) < 4.78 is 12.1. The van der Waals surface area contributed by atoms with Gasteiger partial charge in [0.05, 0.1) is 12.7 Å². The molecule has 0 radical (unpaired) electrons. The van der Waals surface area contributed by atoms with E-state index in [0.717, 1.165) is 57.9 Å². The molecular formula is C18H28N2O2. The molecule has 122 valence electrons. The van der Waals surface area contributed by atoms with Gasteiger partial charge in [-0.15, -0.1) is 0 Å². The lowest BCUT2D eigenvalue weighted by molar-refractivity contribution is -0.00740. The lowest BCUT2D eigenvalue weighted by atomic mass is 9.91. The molecular weight excluding hydrogens is 276 g/mol. The SMILES string of the molecule is CC(C)OCCN1CCC2(CC1)CNCc1ccccc1O2. The molecule has 1 spiro atoms. The first-order chi connectivity index (χ1) is 10.7. The van der Waals surface area contributed by atoms with Crippen molar-refractivity contribution in [2.75, 3.05) is 32.8 Å². The number of piperidine rings is 1. The van der Waals surface area contributed by atoms with Gasteiger partial charge in [-0.1, -0.05) is 18.2 Å². The van der Waals surface area contributed by atoms with Crippen LogP contribution in [0, 0.1) is 0 Å². The van der Waals surface area contributed by atoms with Crippen LogP contribution < -0.4 is 10.1 Å². The predicted octanol–water partition coefficient (Wildman–Crippen LogP) is 2.43. The minimum absolute atomic E-state index is 0.0397. The van der Waals surface area contributed by atoms with E-state index in [4.69, 9.17) is 9.47 Å². The molecule has 3 rings (SSSR count). The molecule has 2 heterocycles. The molecule has 1 N–H and O–H groups in total. The number of nitrogens with one attached hydrogen (secondary N) is 1. The van der Waals surface area contributed by atoms with Crippen LogP contribution in [0.2, 0.25) is 0 Å². The molecule has 2 aliphatic heterocycles. The molecule has 0 aliphatic carbocycles. The number of hydrogen-bond donors (Lipinski definition) is 1. The summed E-state index contributed by atoms with van der Waals surface area (Å²) in [4.78, 5) is 2.49. The van der Waals surface area contributed by atoms with Crippen molar-refractivity contribution in [3.05, 3.63) is 29.8 Å². The van der Waals surface area contributed by atoms with Crippen LogP contribution in [-0.2, 0) is 11.3 Å². The van der Waals surface area contributed by atoms with E-state index in [1.54, 1.807) is 0 Å². The van der Waals surface area contributed by atoms with Crippen molar-refractivity contribution in [2.45, 2.75) is 44.9 Å². The maximum Gasteiger partial charge on any atom is 0.124 e. The summed E-state index contributed by atoms with van der Waals surface area (Å²) in [6.45, 7) is 10.1. The highest BCUT2D eigenvalue weighted by molar-refractivity contribution is 5.34. The molecule has 0 aromatic heterocycles. The van der Waals surface area contributed by atoms with Gasteiger partial charge < -0.3 is 19.7 Å². The van der Waals surface area contributed by atoms with E-state index in [-0.39, 0.29) is 5.60 Å². The highest BCUT2D eigenvalue weighted by atomic mass is 16.5. The summed E-state index contributed by atoms with van der Waals surface area (Å²) in [6.07, 6.45) is 2.48. The van der Waals surface area contributed by atoms with E-state index in [1.165, 1.54) is 5.56 Å². The molecule has 0 saturated carbocycles. The van der Waals surface area contributed by atoms with Crippen molar-refractivity contribution in [1.29, 1.82) is 0 Å². The fourth-order valence-electron chi connectivity index (χ4n) is 3.32. The Bertz CT molecular complexity index is 482. The average Bonchev–Trinajstić information content (AvgIpc) is 2.68. The second kappa shape index (κ2) is 6.99. The van der Waals surface area contributed by atoms with E-state index >= 15 is 0 Å². The Labute approximate surface area is 133 Å². The van der Waals surface area contributed by atoms with E-state index in [0.29, 0.717) is 6.10 Å². The zero-order chi connectivity index (χ0) is 15.4. The molecule has 1 fully saturated rings. The summed E-state index contributed by atoms with van der Waals surface area (Å²) in [6, 6.07) is 8.40. The first-order valence-corrected chi connectivity index (χ1v) is 8.48. The second-order valence-electron chi connectivity index (χ2n) is 6.76. The molecule has 1 aromatic carbocycles. The van der Waals surface area contributed by atoms with Gasteiger partial charge in [-0.05, 0) is 19.9 Å². The van der Waals surface area contributed by atoms with Crippen LogP contribution in [-0.4, -0.2) is 49.4 Å². The van der Waals surface area contributed by atoms with Crippen LogP contribution in [0.5, 0.6) is 5.75 Å². The maximum absolute atomic E-state index is 6.46. The Morgan fingerprint density at radius 3 is 2.82 bits per heavy atom. The quantitative estimate of drug-likeness (QED) is 0.926. The topological polar surface area (TPSA) is 33.7 Å². The van der Waals surface area contributed by atoms with Crippen LogP contribution in [0.1, 0.15) is 32.3 Å². The molecule has 0 atom stereocenters. The zero-order valence-electron chi connectivity index (χ0n) is 13.8. The average molecular weight is 304 g/mol. The van der Waals surface area contributed by atoms with Crippen molar-refractivity contribution in [2.24, 2.45) is 0 Å². The largest absolute Gasteiger partial charge is 0.486 e. The Balaban J connectivity index is 1.56. The van der Waals surface area contributed by atoms with Crippen molar-refractivity contribution >= 4 is 0 Å². The molecule has 4 nitrogen and oxygen atoms in total. The monoisotopic (exact) mass is 304 g/mol. The van der Waals surface area contributed by atoms with Gasteiger partial charge in [0.15, 0.2) is 0 Å². The van der Waals surface area contributed by atoms with Gasteiger partial charge in [0.25, 0.3) is 0 Å². The summed E-state index contributed by atoms with van der Waals surface area (Å²) in [5, 5.41) is 3.57. The second-order valence-corrected chi connectivity index (χ2v) is 6.76. The van der Waals surface area contributed by atoms with Crippen LogP contribution in [0.4, 0.5) is 0 Å². The van der Waals surface area contributed by atoms with Gasteiger partial charge in [0, 0.05) is 51.1 Å². The molecule has 4 heteroatoms. The van der Waals surface area contributed by atoms with Gasteiger partial charge in [0.2, 0.25) is 0 Å². The van der Waals surface area contributed by atoms with Crippen molar-refractivity contribution in [1.82, 2.24) is 10.2 Å². The number of ether oxygens (including phenoxy) is 2. The fraction of sp³-hybridized carbons (Fsp3) is 0.667. The third-order valence-corrected chi connectivity index (χ3v) is 4.69. The molecule has 2 aliphatic rings. The predicted molar refractivity (Wildman–Crippen MR) is 88.3 cm³/mol. The van der Waals surface area contributed by atoms with Crippen LogP contribution in [0.15, 0.2) is 24.3 Å². The van der Waals surface area contributed by atoms with E-state index in [1.807, 2.05) is 0 Å². The summed E-state index contributed by atoms with van der Waals surface area (Å²) in [7, 11) is 0. The third kappa shape index (κ3) is 3.80. The van der Waals surface area contributed by atoms with Crippen LogP contribution in [0.3, 0.4) is 0 Å². The summed E-state index contributed by atoms with van der Waals surface area (Å²) >= 11 is 0. The fourth-order valence-corrected chi connectivity index (χ4v) is 3.32. The van der Waals surface area contributed by atoms with Crippen LogP contribution >= 0.6 is 0 Å². The molecule has 0 unspecified atom stereocenters. The number of benzene rings is 1. The van der Waals surface area contributed by atoms with E-state index in [2.05, 4.69) is 48.3 Å². The smallest absolute Gasteiger partial charge is 0.124 e. The number of fused-ring (bicyclic) bond motifs is 1. The van der Waals surface area contributed by atoms with Gasteiger partial charge in [0.1, 0.15) is 11.4 Å². The lowest BCUT2D eigenvalue weighted by Crippen LogP contribution is -2.53. The number of para-hydroxylation sites is 1. The number of hydrogen-bond acceptors (Lipinski definition) is 4. The van der Waals surface area contributed by atoms with E-state index < -0.39 is 0 Å². The van der Waals surface area contributed by atoms with Crippen molar-refractivity contribution < 1.29 is 9.47 Å². The van der Waals surface area contributed by atoms with E-state index in [9.17, 15) is 0 Å². The van der Waals surface area contributed by atoms with Crippen LogP contribution in [0.25, 0.3) is 0 Å². The number of likely N-dealkylation sites (tertiary alicyclic amines) is 1. The standard InChI is InChI=1S/C18H28N2O2/c1-15(2)21-12-11-20-9-7-18(8-10-20)14-19-13-16-5-3-4-6-17(16)22-18/h3-6,15,19H,7-14H2,1-2H3. The van der Waals surface area contributed by atoms with Crippen molar-refractivity contribution in [3.63, 3.8) is 0 Å². The maximum atomic E-state index is 6.46. The Morgan fingerprint density at radius 2 is 2.05 bits per heavy atom. The van der Waals surface area contributed by atoms with Gasteiger partial charge in [-0.3, -0.25) is 0 Å².